The van der Waals surface area contributed by atoms with E-state index >= 15 is 0 Å². The van der Waals surface area contributed by atoms with E-state index in [9.17, 15) is 15.2 Å². The quantitative estimate of drug-likeness (QED) is 0.525. The van der Waals surface area contributed by atoms with Crippen LogP contribution in [-0.4, -0.2) is 43.2 Å². The van der Waals surface area contributed by atoms with E-state index in [-0.39, 0.29) is 24.2 Å². The number of ether oxygens (including phenoxy) is 1. The Morgan fingerprint density at radius 3 is 2.58 bits per heavy atom. The Kier molecular flexibility index (Phi) is 7.40. The van der Waals surface area contributed by atoms with Crippen molar-refractivity contribution < 1.29 is 14.6 Å². The molecule has 1 unspecified atom stereocenters. The predicted molar refractivity (Wildman–Crippen MR) is 123 cm³/mol. The van der Waals surface area contributed by atoms with Crippen molar-refractivity contribution in [3.8, 4) is 11.8 Å². The highest BCUT2D eigenvalue weighted by molar-refractivity contribution is 6.42. The minimum absolute atomic E-state index is 0.0386. The third-order valence-corrected chi connectivity index (χ3v) is 6.01. The Morgan fingerprint density at radius 1 is 1.19 bits per heavy atom. The molecule has 7 heteroatoms. The molecule has 1 N–H and O–H groups in total. The molecule has 0 aliphatic heterocycles. The number of methoxy groups -OCH3 is 1. The molecule has 0 saturated carbocycles. The fourth-order valence-corrected chi connectivity index (χ4v) is 4.03. The van der Waals surface area contributed by atoms with Crippen LogP contribution in [0.3, 0.4) is 0 Å². The molecule has 0 saturated heterocycles. The van der Waals surface area contributed by atoms with Gasteiger partial charge in [-0.25, -0.2) is 0 Å². The molecule has 160 valence electrons. The van der Waals surface area contributed by atoms with Gasteiger partial charge >= 0.3 is 0 Å². The number of carbonyl (C=O) groups is 1. The molecule has 0 aromatic heterocycles. The second kappa shape index (κ2) is 10.0. The van der Waals surface area contributed by atoms with E-state index in [1.54, 1.807) is 30.1 Å². The van der Waals surface area contributed by atoms with E-state index in [0.717, 1.165) is 10.9 Å². The number of carbonyl (C=O) groups excluding carboxylic acids is 1. The van der Waals surface area contributed by atoms with Gasteiger partial charge in [0, 0.05) is 26.1 Å². The van der Waals surface area contributed by atoms with Crippen LogP contribution in [0.1, 0.15) is 33.8 Å². The number of rotatable bonds is 7. The fraction of sp³-hybridized carbons (Fsp3) is 0.250. The second-order valence-electron chi connectivity index (χ2n) is 7.23. The third-order valence-electron chi connectivity index (χ3n) is 5.27. The highest BCUT2D eigenvalue weighted by Crippen LogP contribution is 2.34. The van der Waals surface area contributed by atoms with Gasteiger partial charge in [0.05, 0.1) is 28.3 Å². The average Bonchev–Trinajstić information content (AvgIpc) is 2.78. The zero-order valence-corrected chi connectivity index (χ0v) is 18.7. The van der Waals surface area contributed by atoms with Crippen LogP contribution in [0.2, 0.25) is 10.0 Å². The van der Waals surface area contributed by atoms with Crippen molar-refractivity contribution in [2.75, 3.05) is 27.3 Å². The number of nitrogens with zero attached hydrogens (tertiary/aromatic N) is 2. The summed E-state index contributed by atoms with van der Waals surface area (Å²) in [6.07, 6.45) is 0.450. The summed E-state index contributed by atoms with van der Waals surface area (Å²) in [6, 6.07) is 16.5. The first-order chi connectivity index (χ1) is 14.9. The van der Waals surface area contributed by atoms with E-state index in [1.807, 2.05) is 30.3 Å². The Bertz CT molecular complexity index is 1160. The number of aliphatic hydroxyl groups excluding tert-OH is 1. The summed E-state index contributed by atoms with van der Waals surface area (Å²) in [6.45, 7) is 0.300. The van der Waals surface area contributed by atoms with Crippen LogP contribution in [0, 0.1) is 11.3 Å². The highest BCUT2D eigenvalue weighted by Gasteiger charge is 2.25. The van der Waals surface area contributed by atoms with Crippen LogP contribution in [0.15, 0.2) is 48.5 Å². The first kappa shape index (κ1) is 22.9. The maximum atomic E-state index is 13.5. The molecule has 0 heterocycles. The molecule has 5 nitrogen and oxygen atoms in total. The lowest BCUT2D eigenvalue weighted by Crippen LogP contribution is -2.32. The summed E-state index contributed by atoms with van der Waals surface area (Å²) in [5.41, 5.74) is 1.52. The third kappa shape index (κ3) is 4.77. The van der Waals surface area contributed by atoms with Gasteiger partial charge in [0.25, 0.3) is 5.91 Å². The van der Waals surface area contributed by atoms with Crippen molar-refractivity contribution >= 4 is 39.9 Å². The van der Waals surface area contributed by atoms with Crippen LogP contribution in [0.4, 0.5) is 0 Å². The van der Waals surface area contributed by atoms with Gasteiger partial charge in [-0.2, -0.15) is 5.26 Å². The van der Waals surface area contributed by atoms with Crippen LogP contribution in [0.5, 0.6) is 5.75 Å². The standard InChI is InChI=1S/C24H22Cl2N2O3/c1-28(14-17(9-10-29)15-7-8-20(25)21(26)12-15)24(30)22-19-6-4-3-5-16(19)11-18(13-27)23(22)31-2/h3-8,11-12,17,29H,9-10,14H2,1-2H3. The van der Waals surface area contributed by atoms with Gasteiger partial charge in [-0.15, -0.1) is 0 Å². The minimum Gasteiger partial charge on any atom is -0.495 e. The lowest BCUT2D eigenvalue weighted by atomic mass is 9.94. The summed E-state index contributed by atoms with van der Waals surface area (Å²) < 4.78 is 5.47. The minimum atomic E-state index is -0.270. The lowest BCUT2D eigenvalue weighted by Gasteiger charge is -2.26. The zero-order valence-electron chi connectivity index (χ0n) is 17.2. The molecule has 31 heavy (non-hydrogen) atoms. The van der Waals surface area contributed by atoms with E-state index in [1.165, 1.54) is 7.11 Å². The van der Waals surface area contributed by atoms with Crippen molar-refractivity contribution in [1.29, 1.82) is 5.26 Å². The first-order valence-corrected chi connectivity index (χ1v) is 10.5. The average molecular weight is 457 g/mol. The van der Waals surface area contributed by atoms with Crippen molar-refractivity contribution in [1.82, 2.24) is 4.90 Å². The number of likely N-dealkylation sites (N-methyl/N-ethyl adjacent to an activating group) is 1. The van der Waals surface area contributed by atoms with Crippen molar-refractivity contribution in [2.24, 2.45) is 0 Å². The molecule has 0 aliphatic carbocycles. The van der Waals surface area contributed by atoms with Crippen LogP contribution >= 0.6 is 23.2 Å². The van der Waals surface area contributed by atoms with Gasteiger partial charge in [0.2, 0.25) is 0 Å². The smallest absolute Gasteiger partial charge is 0.258 e. The van der Waals surface area contributed by atoms with E-state index in [2.05, 4.69) is 6.07 Å². The molecular formula is C24H22Cl2N2O3. The number of hydrogen-bond acceptors (Lipinski definition) is 4. The van der Waals surface area contributed by atoms with Gasteiger partial charge in [-0.1, -0.05) is 53.5 Å². The first-order valence-electron chi connectivity index (χ1n) is 9.72. The van der Waals surface area contributed by atoms with E-state index in [0.29, 0.717) is 39.5 Å². The Hall–Kier alpha value is -2.78. The van der Waals surface area contributed by atoms with Crippen LogP contribution < -0.4 is 4.74 Å². The van der Waals surface area contributed by atoms with Crippen LogP contribution in [-0.2, 0) is 0 Å². The number of hydrogen-bond donors (Lipinski definition) is 1. The molecule has 1 amide bonds. The molecule has 3 aromatic carbocycles. The Labute approximate surface area is 191 Å². The maximum absolute atomic E-state index is 13.5. The number of aliphatic hydroxyl groups is 1. The summed E-state index contributed by atoms with van der Waals surface area (Å²) in [4.78, 5) is 15.1. The second-order valence-corrected chi connectivity index (χ2v) is 8.05. The normalized spacial score (nSPS) is 11.7. The largest absolute Gasteiger partial charge is 0.495 e. The molecule has 1 atom stereocenters. The van der Waals surface area contributed by atoms with E-state index in [4.69, 9.17) is 27.9 Å². The molecule has 0 radical (unpaired) electrons. The van der Waals surface area contributed by atoms with Crippen LogP contribution in [0.25, 0.3) is 10.8 Å². The van der Waals surface area contributed by atoms with Crippen molar-refractivity contribution in [2.45, 2.75) is 12.3 Å². The Balaban J connectivity index is 2.01. The summed E-state index contributed by atoms with van der Waals surface area (Å²) in [7, 11) is 3.14. The topological polar surface area (TPSA) is 73.6 Å². The van der Waals surface area contributed by atoms with Gasteiger partial charge < -0.3 is 14.7 Å². The summed E-state index contributed by atoms with van der Waals surface area (Å²) >= 11 is 12.2. The van der Waals surface area contributed by atoms with Gasteiger partial charge in [0.1, 0.15) is 11.8 Å². The van der Waals surface area contributed by atoms with Gasteiger partial charge in [0.15, 0.2) is 0 Å². The van der Waals surface area contributed by atoms with Gasteiger partial charge in [-0.3, -0.25) is 4.79 Å². The number of amides is 1. The molecule has 0 aliphatic rings. The van der Waals surface area contributed by atoms with Crippen molar-refractivity contribution in [3.63, 3.8) is 0 Å². The fourth-order valence-electron chi connectivity index (χ4n) is 3.73. The number of fused-ring (bicyclic) bond motifs is 1. The Morgan fingerprint density at radius 2 is 1.94 bits per heavy atom. The molecule has 3 aromatic rings. The lowest BCUT2D eigenvalue weighted by molar-refractivity contribution is 0.0779. The summed E-state index contributed by atoms with van der Waals surface area (Å²) in [5.74, 6) is -0.162. The number of benzene rings is 3. The van der Waals surface area contributed by atoms with E-state index < -0.39 is 0 Å². The predicted octanol–water partition coefficient (Wildman–Crippen LogP) is 5.27. The molecule has 0 fully saturated rings. The monoisotopic (exact) mass is 456 g/mol. The van der Waals surface area contributed by atoms with Crippen molar-refractivity contribution in [3.05, 3.63) is 75.3 Å². The molecule has 0 bridgehead atoms. The highest BCUT2D eigenvalue weighted by atomic mass is 35.5. The zero-order chi connectivity index (χ0) is 22.5. The molecular weight excluding hydrogens is 435 g/mol. The number of halogens is 2. The van der Waals surface area contributed by atoms with Gasteiger partial charge in [-0.05, 0) is 41.0 Å². The molecule has 0 spiro atoms. The summed E-state index contributed by atoms with van der Waals surface area (Å²) in [5, 5.41) is 21.5. The SMILES string of the molecule is COc1c(C#N)cc2ccccc2c1C(=O)N(C)CC(CCO)c1ccc(Cl)c(Cl)c1. The molecule has 3 rings (SSSR count). The maximum Gasteiger partial charge on any atom is 0.258 e. The number of nitriles is 1.